The van der Waals surface area contributed by atoms with Crippen molar-refractivity contribution >= 4 is 21.6 Å². The first-order valence-corrected chi connectivity index (χ1v) is 10.7. The van der Waals surface area contributed by atoms with E-state index in [9.17, 15) is 13.2 Å². The Kier molecular flexibility index (Phi) is 7.42. The van der Waals surface area contributed by atoms with Crippen molar-refractivity contribution < 1.29 is 13.2 Å². The van der Waals surface area contributed by atoms with Gasteiger partial charge in [0.15, 0.2) is 0 Å². The molecule has 5 nitrogen and oxygen atoms in total. The third-order valence-electron chi connectivity index (χ3n) is 4.51. The van der Waals surface area contributed by atoms with Crippen molar-refractivity contribution in [2.45, 2.75) is 50.5 Å². The molecule has 0 saturated carbocycles. The molecule has 0 spiro atoms. The number of carbonyl (C=O) groups is 1. The second kappa shape index (κ2) is 9.55. The van der Waals surface area contributed by atoms with Gasteiger partial charge in [-0.3, -0.25) is 9.10 Å². The molecular weight excluding hydrogens is 360 g/mol. The molecule has 0 aliphatic heterocycles. The molecule has 6 heteroatoms. The lowest BCUT2D eigenvalue weighted by Crippen LogP contribution is -2.32. The van der Waals surface area contributed by atoms with Crippen molar-refractivity contribution in [3.63, 3.8) is 0 Å². The molecule has 0 radical (unpaired) electrons. The second-order valence-corrected chi connectivity index (χ2v) is 8.67. The number of hydrogen-bond acceptors (Lipinski definition) is 3. The molecular formula is C21H28N2O3S. The number of rotatable bonds is 9. The molecule has 0 aliphatic rings. The number of carbonyl (C=O) groups excluding carboxylic acids is 1. The van der Waals surface area contributed by atoms with E-state index in [1.807, 2.05) is 13.0 Å². The van der Waals surface area contributed by atoms with Gasteiger partial charge in [-0.05, 0) is 49.7 Å². The number of sulfonamides is 1. The van der Waals surface area contributed by atoms with Crippen LogP contribution in [0.2, 0.25) is 0 Å². The second-order valence-electron chi connectivity index (χ2n) is 6.70. The molecule has 2 rings (SSSR count). The zero-order valence-electron chi connectivity index (χ0n) is 16.2. The number of anilines is 1. The van der Waals surface area contributed by atoms with Crippen molar-refractivity contribution in [1.29, 1.82) is 0 Å². The van der Waals surface area contributed by atoms with Crippen LogP contribution in [0.3, 0.4) is 0 Å². The van der Waals surface area contributed by atoms with E-state index >= 15 is 0 Å². The summed E-state index contributed by atoms with van der Waals surface area (Å²) in [5.74, 6) is -0.181. The van der Waals surface area contributed by atoms with Crippen LogP contribution in [0.15, 0.2) is 59.5 Å². The maximum Gasteiger partial charge on any atom is 0.264 e. The number of nitrogens with zero attached hydrogens (tertiary/aromatic N) is 1. The first-order chi connectivity index (χ1) is 12.9. The maximum atomic E-state index is 12.8. The molecule has 1 N–H and O–H groups in total. The minimum absolute atomic E-state index is 0.0941. The van der Waals surface area contributed by atoms with Gasteiger partial charge in [0.05, 0.1) is 10.6 Å². The number of benzene rings is 2. The maximum absolute atomic E-state index is 12.8. The Bertz CT molecular complexity index is 833. The van der Waals surface area contributed by atoms with Crippen molar-refractivity contribution in [1.82, 2.24) is 5.32 Å². The monoisotopic (exact) mass is 388 g/mol. The molecule has 0 aliphatic carbocycles. The Morgan fingerprint density at radius 2 is 1.67 bits per heavy atom. The molecule has 146 valence electrons. The minimum Gasteiger partial charge on any atom is -0.350 e. The summed E-state index contributed by atoms with van der Waals surface area (Å²) in [7, 11) is -2.15. The van der Waals surface area contributed by atoms with Gasteiger partial charge in [-0.25, -0.2) is 8.42 Å². The standard InChI is InChI=1S/C21H28N2O3S/c1-4-5-7-10-17(2)22-21(24)18-13-15-20(16-14-18)27(25,26)23(3)19-11-8-6-9-12-19/h6,8-9,11-17H,4-5,7,10H2,1-3H3,(H,22,24). The van der Waals surface area contributed by atoms with Crippen LogP contribution in [-0.4, -0.2) is 27.4 Å². The van der Waals surface area contributed by atoms with E-state index in [0.717, 1.165) is 25.7 Å². The average Bonchev–Trinajstić information content (AvgIpc) is 2.68. The predicted octanol–water partition coefficient (Wildman–Crippen LogP) is 4.21. The van der Waals surface area contributed by atoms with Gasteiger partial charge in [-0.1, -0.05) is 44.4 Å². The van der Waals surface area contributed by atoms with E-state index < -0.39 is 10.0 Å². The van der Waals surface area contributed by atoms with E-state index in [0.29, 0.717) is 11.3 Å². The lowest BCUT2D eigenvalue weighted by Gasteiger charge is -2.19. The summed E-state index contributed by atoms with van der Waals surface area (Å²) >= 11 is 0. The highest BCUT2D eigenvalue weighted by Crippen LogP contribution is 2.22. The Morgan fingerprint density at radius 3 is 2.26 bits per heavy atom. The van der Waals surface area contributed by atoms with Crippen LogP contribution in [0.1, 0.15) is 49.9 Å². The van der Waals surface area contributed by atoms with Gasteiger partial charge in [0.2, 0.25) is 0 Å². The van der Waals surface area contributed by atoms with E-state index in [2.05, 4.69) is 12.2 Å². The van der Waals surface area contributed by atoms with Crippen LogP contribution >= 0.6 is 0 Å². The largest absolute Gasteiger partial charge is 0.350 e. The molecule has 1 atom stereocenters. The van der Waals surface area contributed by atoms with Crippen LogP contribution < -0.4 is 9.62 Å². The van der Waals surface area contributed by atoms with Gasteiger partial charge in [0.25, 0.3) is 15.9 Å². The highest BCUT2D eigenvalue weighted by molar-refractivity contribution is 7.92. The molecule has 2 aromatic carbocycles. The summed E-state index contributed by atoms with van der Waals surface area (Å²) in [5, 5.41) is 2.96. The van der Waals surface area contributed by atoms with Crippen LogP contribution in [0.4, 0.5) is 5.69 Å². The number of nitrogens with one attached hydrogen (secondary N) is 1. The summed E-state index contributed by atoms with van der Waals surface area (Å²) in [4.78, 5) is 12.5. The lowest BCUT2D eigenvalue weighted by atomic mass is 10.1. The third kappa shape index (κ3) is 5.57. The summed E-state index contributed by atoms with van der Waals surface area (Å²) < 4.78 is 26.8. The Labute approximate surface area is 162 Å². The van der Waals surface area contributed by atoms with Gasteiger partial charge in [-0.2, -0.15) is 0 Å². The van der Waals surface area contributed by atoms with Crippen molar-refractivity contribution in [2.24, 2.45) is 0 Å². The molecule has 0 aromatic heterocycles. The van der Waals surface area contributed by atoms with Gasteiger partial charge in [-0.15, -0.1) is 0 Å². The molecule has 27 heavy (non-hydrogen) atoms. The van der Waals surface area contributed by atoms with Crippen LogP contribution in [-0.2, 0) is 10.0 Å². The lowest BCUT2D eigenvalue weighted by molar-refractivity contribution is 0.0938. The first kappa shape index (κ1) is 21.0. The molecule has 0 saturated heterocycles. The van der Waals surface area contributed by atoms with Crippen molar-refractivity contribution in [3.05, 3.63) is 60.2 Å². The van der Waals surface area contributed by atoms with Crippen molar-refractivity contribution in [2.75, 3.05) is 11.4 Å². The Balaban J connectivity index is 2.06. The van der Waals surface area contributed by atoms with E-state index in [1.54, 1.807) is 36.4 Å². The summed E-state index contributed by atoms with van der Waals surface area (Å²) in [5.41, 5.74) is 1.04. The molecule has 0 fully saturated rings. The number of para-hydroxylation sites is 1. The van der Waals surface area contributed by atoms with E-state index in [-0.39, 0.29) is 16.8 Å². The predicted molar refractivity (Wildman–Crippen MR) is 110 cm³/mol. The van der Waals surface area contributed by atoms with E-state index in [1.165, 1.54) is 23.5 Å². The number of unbranched alkanes of at least 4 members (excludes halogenated alkanes) is 2. The summed E-state index contributed by atoms with van der Waals surface area (Å²) in [6.07, 6.45) is 4.32. The van der Waals surface area contributed by atoms with Gasteiger partial charge in [0.1, 0.15) is 0 Å². The topological polar surface area (TPSA) is 66.5 Å². The minimum atomic E-state index is -3.67. The molecule has 1 unspecified atom stereocenters. The fourth-order valence-electron chi connectivity index (χ4n) is 2.79. The first-order valence-electron chi connectivity index (χ1n) is 9.31. The Hall–Kier alpha value is -2.34. The van der Waals surface area contributed by atoms with Crippen LogP contribution in [0, 0.1) is 0 Å². The summed E-state index contributed by atoms with van der Waals surface area (Å²) in [6.45, 7) is 4.13. The Morgan fingerprint density at radius 1 is 1.04 bits per heavy atom. The number of hydrogen-bond donors (Lipinski definition) is 1. The number of amides is 1. The highest BCUT2D eigenvalue weighted by Gasteiger charge is 2.21. The normalized spacial score (nSPS) is 12.4. The smallest absolute Gasteiger partial charge is 0.264 e. The molecule has 1 amide bonds. The third-order valence-corrected chi connectivity index (χ3v) is 6.31. The molecule has 0 heterocycles. The van der Waals surface area contributed by atoms with Crippen LogP contribution in [0.25, 0.3) is 0 Å². The van der Waals surface area contributed by atoms with Crippen LogP contribution in [0.5, 0.6) is 0 Å². The fraction of sp³-hybridized carbons (Fsp3) is 0.381. The van der Waals surface area contributed by atoms with Gasteiger partial charge >= 0.3 is 0 Å². The quantitative estimate of drug-likeness (QED) is 0.654. The molecule has 0 bridgehead atoms. The fourth-order valence-corrected chi connectivity index (χ4v) is 3.99. The average molecular weight is 389 g/mol. The van der Waals surface area contributed by atoms with Crippen molar-refractivity contribution in [3.8, 4) is 0 Å². The van der Waals surface area contributed by atoms with Gasteiger partial charge in [0, 0.05) is 18.7 Å². The van der Waals surface area contributed by atoms with E-state index in [4.69, 9.17) is 0 Å². The molecule has 2 aromatic rings. The zero-order chi connectivity index (χ0) is 19.9. The van der Waals surface area contributed by atoms with Gasteiger partial charge < -0.3 is 5.32 Å². The zero-order valence-corrected chi connectivity index (χ0v) is 17.0. The summed E-state index contributed by atoms with van der Waals surface area (Å²) in [6, 6.07) is 15.0. The SMILES string of the molecule is CCCCCC(C)NC(=O)c1ccc(S(=O)(=O)N(C)c2ccccc2)cc1. The highest BCUT2D eigenvalue weighted by atomic mass is 32.2.